The second kappa shape index (κ2) is 10.1. The Morgan fingerprint density at radius 3 is 2.20 bits per heavy atom. The second-order valence-corrected chi connectivity index (χ2v) is 7.79. The molecule has 1 aromatic rings. The largest absolute Gasteiger partial charge is 0.481 e. The fraction of sp³-hybridized carbons (Fsp3) is 0.500. The van der Waals surface area contributed by atoms with E-state index in [0.29, 0.717) is 12.1 Å². The predicted molar refractivity (Wildman–Crippen MR) is 99.7 cm³/mol. The van der Waals surface area contributed by atoms with Crippen molar-refractivity contribution in [2.45, 2.75) is 44.3 Å². The fourth-order valence-corrected chi connectivity index (χ4v) is 3.18. The van der Waals surface area contributed by atoms with Crippen molar-refractivity contribution in [2.75, 3.05) is 11.9 Å². The first kappa shape index (κ1) is 21.0. The van der Waals surface area contributed by atoms with Gasteiger partial charge in [-0.05, 0) is 43.5 Å². The van der Waals surface area contributed by atoms with Crippen molar-refractivity contribution in [1.82, 2.24) is 5.32 Å². The van der Waals surface area contributed by atoms with Crippen LogP contribution in [-0.2, 0) is 14.4 Å². The molecule has 25 heavy (non-hydrogen) atoms. The molecule has 0 aliphatic rings. The maximum Gasteiger partial charge on any atom is 0.308 e. The van der Waals surface area contributed by atoms with Crippen LogP contribution >= 0.6 is 11.8 Å². The smallest absolute Gasteiger partial charge is 0.308 e. The van der Waals surface area contributed by atoms with Gasteiger partial charge in [0.15, 0.2) is 0 Å². The number of carbonyl (C=O) groups is 3. The Balaban J connectivity index is 2.53. The number of carboxylic acids is 1. The van der Waals surface area contributed by atoms with Gasteiger partial charge in [-0.2, -0.15) is 0 Å². The highest BCUT2D eigenvalue weighted by Gasteiger charge is 2.21. The molecule has 2 unspecified atom stereocenters. The number of carboxylic acid groups (broad SMARTS) is 1. The molecule has 3 N–H and O–H groups in total. The summed E-state index contributed by atoms with van der Waals surface area (Å²) in [5, 5.41) is 14.3. The van der Waals surface area contributed by atoms with E-state index in [4.69, 9.17) is 0 Å². The van der Waals surface area contributed by atoms with Crippen molar-refractivity contribution < 1.29 is 19.5 Å². The minimum atomic E-state index is -0.886. The van der Waals surface area contributed by atoms with E-state index < -0.39 is 11.9 Å². The zero-order chi connectivity index (χ0) is 19.0. The van der Waals surface area contributed by atoms with Gasteiger partial charge in [-0.1, -0.05) is 13.8 Å². The monoisotopic (exact) mass is 366 g/mol. The Morgan fingerprint density at radius 2 is 1.72 bits per heavy atom. The van der Waals surface area contributed by atoms with Crippen LogP contribution < -0.4 is 10.6 Å². The third-order valence-corrected chi connectivity index (χ3v) is 4.60. The molecule has 1 rings (SSSR count). The maximum absolute atomic E-state index is 12.2. The summed E-state index contributed by atoms with van der Waals surface area (Å²) in [4.78, 5) is 35.3. The first-order chi connectivity index (χ1) is 11.7. The normalized spacial score (nSPS) is 13.2. The highest BCUT2D eigenvalue weighted by molar-refractivity contribution is 8.00. The average Bonchev–Trinajstić information content (AvgIpc) is 2.51. The second-order valence-electron chi connectivity index (χ2n) is 6.38. The highest BCUT2D eigenvalue weighted by atomic mass is 32.2. The van der Waals surface area contributed by atoms with E-state index in [1.165, 1.54) is 18.7 Å². The van der Waals surface area contributed by atoms with Crippen molar-refractivity contribution in [3.63, 3.8) is 0 Å². The molecule has 138 valence electrons. The van der Waals surface area contributed by atoms with Crippen LogP contribution in [0.2, 0.25) is 0 Å². The summed E-state index contributed by atoms with van der Waals surface area (Å²) in [7, 11) is 0. The molecule has 7 heteroatoms. The van der Waals surface area contributed by atoms with Crippen molar-refractivity contribution in [2.24, 2.45) is 11.8 Å². The SMILES string of the molecule is CC(=O)Nc1ccc(SC(C)C(=O)NCC(CC(C)C)C(=O)O)cc1. The van der Waals surface area contributed by atoms with E-state index >= 15 is 0 Å². The average molecular weight is 366 g/mol. The summed E-state index contributed by atoms with van der Waals surface area (Å²) in [6.07, 6.45) is 0.530. The van der Waals surface area contributed by atoms with E-state index in [2.05, 4.69) is 10.6 Å². The lowest BCUT2D eigenvalue weighted by Crippen LogP contribution is -2.37. The van der Waals surface area contributed by atoms with Crippen LogP contribution in [0.25, 0.3) is 0 Å². The summed E-state index contributed by atoms with van der Waals surface area (Å²) in [5.41, 5.74) is 0.701. The van der Waals surface area contributed by atoms with Gasteiger partial charge in [0.1, 0.15) is 0 Å². The molecule has 2 atom stereocenters. The molecule has 0 aliphatic heterocycles. The maximum atomic E-state index is 12.2. The van der Waals surface area contributed by atoms with Gasteiger partial charge in [0, 0.05) is 24.1 Å². The zero-order valence-corrected chi connectivity index (χ0v) is 15.9. The molecule has 6 nitrogen and oxygen atoms in total. The Labute approximate surface area is 152 Å². The number of carbonyl (C=O) groups excluding carboxylic acids is 2. The Kier molecular flexibility index (Phi) is 8.48. The first-order valence-corrected chi connectivity index (χ1v) is 9.11. The number of hydrogen-bond donors (Lipinski definition) is 3. The number of nitrogens with one attached hydrogen (secondary N) is 2. The van der Waals surface area contributed by atoms with Crippen LogP contribution in [0.1, 0.15) is 34.1 Å². The number of hydrogen-bond acceptors (Lipinski definition) is 4. The van der Waals surface area contributed by atoms with Crippen molar-refractivity contribution >= 4 is 35.2 Å². The minimum Gasteiger partial charge on any atom is -0.481 e. The van der Waals surface area contributed by atoms with Gasteiger partial charge in [-0.25, -0.2) is 0 Å². The number of thioether (sulfide) groups is 1. The van der Waals surface area contributed by atoms with Gasteiger partial charge in [-0.3, -0.25) is 14.4 Å². The molecule has 0 spiro atoms. The van der Waals surface area contributed by atoms with Crippen molar-refractivity contribution in [3.8, 4) is 0 Å². The van der Waals surface area contributed by atoms with Crippen LogP contribution in [0.15, 0.2) is 29.2 Å². The molecular formula is C18H26N2O4S. The third kappa shape index (κ3) is 8.07. The van der Waals surface area contributed by atoms with Gasteiger partial charge in [0.25, 0.3) is 0 Å². The Morgan fingerprint density at radius 1 is 1.12 bits per heavy atom. The Hall–Kier alpha value is -2.02. The van der Waals surface area contributed by atoms with E-state index in [-0.39, 0.29) is 29.5 Å². The molecule has 0 saturated heterocycles. The molecule has 0 aromatic heterocycles. The molecule has 0 bridgehead atoms. The summed E-state index contributed by atoms with van der Waals surface area (Å²) in [6, 6.07) is 7.21. The topological polar surface area (TPSA) is 95.5 Å². The lowest BCUT2D eigenvalue weighted by Gasteiger charge is -2.17. The number of aliphatic carboxylic acids is 1. The summed E-state index contributed by atoms with van der Waals surface area (Å²) in [6.45, 7) is 7.28. The van der Waals surface area contributed by atoms with Gasteiger partial charge >= 0.3 is 5.97 Å². The van der Waals surface area contributed by atoms with Crippen LogP contribution in [0, 0.1) is 11.8 Å². The van der Waals surface area contributed by atoms with E-state index in [0.717, 1.165) is 4.90 Å². The van der Waals surface area contributed by atoms with Gasteiger partial charge in [0.05, 0.1) is 11.2 Å². The standard InChI is InChI=1S/C18H26N2O4S/c1-11(2)9-14(18(23)24)10-19-17(22)12(3)25-16-7-5-15(6-8-16)20-13(4)21/h5-8,11-12,14H,9-10H2,1-4H3,(H,19,22)(H,20,21)(H,23,24). The third-order valence-electron chi connectivity index (χ3n) is 3.48. The number of anilines is 1. The van der Waals surface area contributed by atoms with E-state index in [9.17, 15) is 19.5 Å². The van der Waals surface area contributed by atoms with Crippen molar-refractivity contribution in [3.05, 3.63) is 24.3 Å². The number of amides is 2. The Bertz CT molecular complexity index is 602. The van der Waals surface area contributed by atoms with Crippen LogP contribution in [0.3, 0.4) is 0 Å². The molecule has 0 fully saturated rings. The molecule has 2 amide bonds. The molecule has 0 saturated carbocycles. The van der Waals surface area contributed by atoms with Gasteiger partial charge in [-0.15, -0.1) is 11.8 Å². The van der Waals surface area contributed by atoms with Crippen molar-refractivity contribution in [1.29, 1.82) is 0 Å². The van der Waals surface area contributed by atoms with Gasteiger partial charge < -0.3 is 15.7 Å². The lowest BCUT2D eigenvalue weighted by molar-refractivity contribution is -0.142. The van der Waals surface area contributed by atoms with Crippen LogP contribution in [-0.4, -0.2) is 34.7 Å². The fourth-order valence-electron chi connectivity index (χ4n) is 2.29. The van der Waals surface area contributed by atoms with E-state index in [1.807, 2.05) is 26.0 Å². The molecule has 1 aromatic carbocycles. The highest BCUT2D eigenvalue weighted by Crippen LogP contribution is 2.25. The summed E-state index contributed by atoms with van der Waals surface area (Å²) < 4.78 is 0. The summed E-state index contributed by atoms with van der Waals surface area (Å²) >= 11 is 1.38. The lowest BCUT2D eigenvalue weighted by atomic mass is 9.97. The van der Waals surface area contributed by atoms with E-state index in [1.54, 1.807) is 19.1 Å². The minimum absolute atomic E-state index is 0.137. The molecule has 0 heterocycles. The molecule has 0 aliphatic carbocycles. The predicted octanol–water partition coefficient (Wildman–Crippen LogP) is 2.99. The molecular weight excluding hydrogens is 340 g/mol. The quantitative estimate of drug-likeness (QED) is 0.584. The number of rotatable bonds is 9. The zero-order valence-electron chi connectivity index (χ0n) is 15.0. The summed E-state index contributed by atoms with van der Waals surface area (Å²) in [5.74, 6) is -1.53. The number of benzene rings is 1. The molecule has 0 radical (unpaired) electrons. The first-order valence-electron chi connectivity index (χ1n) is 8.23. The van der Waals surface area contributed by atoms with Crippen LogP contribution in [0.5, 0.6) is 0 Å². The van der Waals surface area contributed by atoms with Crippen LogP contribution in [0.4, 0.5) is 5.69 Å². The van der Waals surface area contributed by atoms with Gasteiger partial charge in [0.2, 0.25) is 11.8 Å².